The Bertz CT molecular complexity index is 813. The van der Waals surface area contributed by atoms with Crippen LogP contribution in [0.25, 0.3) is 0 Å². The van der Waals surface area contributed by atoms with Gasteiger partial charge in [-0.1, -0.05) is 48.0 Å². The zero-order valence-corrected chi connectivity index (χ0v) is 16.2. The fraction of sp³-hybridized carbons (Fsp3) is 0.105. The average molecular weight is 413 g/mol. The quantitative estimate of drug-likeness (QED) is 0.507. The molecule has 1 heterocycles. The zero-order chi connectivity index (χ0) is 17.9. The topological polar surface area (TPSA) is 33.1 Å². The van der Waals surface area contributed by atoms with E-state index in [4.69, 9.17) is 33.0 Å². The summed E-state index contributed by atoms with van der Waals surface area (Å²) < 4.78 is 0. The van der Waals surface area contributed by atoms with Crippen molar-refractivity contribution in [1.29, 1.82) is 0 Å². The maximum Gasteiger partial charge on any atom is 0.0974 e. The van der Waals surface area contributed by atoms with E-state index in [1.807, 2.05) is 48.5 Å². The molecule has 2 aromatic carbocycles. The van der Waals surface area contributed by atoms with Gasteiger partial charge in [0.25, 0.3) is 0 Å². The fourth-order valence-electron chi connectivity index (χ4n) is 2.65. The standard InChI is InChI=1S/C19H16Cl3NOS/c20-16-8-10-17(11-9-16)25(21,22)19(14-5-2-1-3-6-14)18(24)15-7-4-12-23-13-15/h1-13,18-19,24H. The van der Waals surface area contributed by atoms with Crippen LogP contribution in [0.2, 0.25) is 5.02 Å². The van der Waals surface area contributed by atoms with Gasteiger partial charge in [-0.15, -0.1) is 0 Å². The summed E-state index contributed by atoms with van der Waals surface area (Å²) in [4.78, 5) is 4.84. The monoisotopic (exact) mass is 411 g/mol. The van der Waals surface area contributed by atoms with E-state index in [0.29, 0.717) is 10.6 Å². The molecule has 6 heteroatoms. The third-order valence-electron chi connectivity index (χ3n) is 3.89. The van der Waals surface area contributed by atoms with Crippen molar-refractivity contribution in [2.75, 3.05) is 0 Å². The van der Waals surface area contributed by atoms with E-state index in [2.05, 4.69) is 4.98 Å². The molecule has 2 unspecified atom stereocenters. The van der Waals surface area contributed by atoms with Gasteiger partial charge in [-0.05, 0) is 65.7 Å². The van der Waals surface area contributed by atoms with Crippen LogP contribution in [0.5, 0.6) is 0 Å². The normalized spacial score (nSPS) is 14.7. The van der Waals surface area contributed by atoms with Crippen LogP contribution in [0.3, 0.4) is 0 Å². The van der Waals surface area contributed by atoms with Crippen LogP contribution < -0.4 is 0 Å². The smallest absolute Gasteiger partial charge is 0.0974 e. The summed E-state index contributed by atoms with van der Waals surface area (Å²) in [5, 5.41) is 11.2. The molecule has 1 aromatic heterocycles. The molecule has 130 valence electrons. The van der Waals surface area contributed by atoms with Crippen molar-refractivity contribution in [3.05, 3.63) is 95.3 Å². The Morgan fingerprint density at radius 2 is 1.48 bits per heavy atom. The van der Waals surface area contributed by atoms with E-state index in [9.17, 15) is 5.11 Å². The maximum atomic E-state index is 11.1. The van der Waals surface area contributed by atoms with E-state index < -0.39 is 19.8 Å². The molecule has 0 saturated heterocycles. The Morgan fingerprint density at radius 1 is 0.840 bits per heavy atom. The first-order valence-corrected chi connectivity index (χ1v) is 11.3. The minimum atomic E-state index is -2.41. The Hall–Kier alpha value is -1.23. The number of aromatic nitrogens is 1. The predicted octanol–water partition coefficient (Wildman–Crippen LogP) is 6.68. The second-order valence-corrected chi connectivity index (χ2v) is 11.4. The number of hydrogen-bond donors (Lipinski definition) is 1. The molecular formula is C19H16Cl3NOS. The number of aliphatic hydroxyl groups is 1. The highest BCUT2D eigenvalue weighted by molar-refractivity contribution is 8.66. The highest BCUT2D eigenvalue weighted by Gasteiger charge is 2.39. The molecule has 0 bridgehead atoms. The van der Waals surface area contributed by atoms with Crippen molar-refractivity contribution in [2.45, 2.75) is 16.2 Å². The van der Waals surface area contributed by atoms with Gasteiger partial charge in [0, 0.05) is 27.9 Å². The molecular weight excluding hydrogens is 397 g/mol. The SMILES string of the molecule is OC(c1cccnc1)C(c1ccccc1)S(Cl)(Cl)c1ccc(Cl)cc1. The van der Waals surface area contributed by atoms with Gasteiger partial charge >= 0.3 is 0 Å². The second kappa shape index (κ2) is 7.98. The Labute approximate surface area is 162 Å². The number of benzene rings is 2. The number of nitrogens with zero attached hydrogens (tertiary/aromatic N) is 1. The minimum absolute atomic E-state index is 0.512. The van der Waals surface area contributed by atoms with Crippen molar-refractivity contribution in [3.63, 3.8) is 0 Å². The van der Waals surface area contributed by atoms with Crippen molar-refractivity contribution in [1.82, 2.24) is 4.98 Å². The summed E-state index contributed by atoms with van der Waals surface area (Å²) in [6.07, 6.45) is 2.40. The van der Waals surface area contributed by atoms with Crippen LogP contribution in [0.4, 0.5) is 0 Å². The van der Waals surface area contributed by atoms with E-state index in [1.165, 1.54) is 0 Å². The first-order chi connectivity index (χ1) is 12.0. The molecule has 3 aromatic rings. The van der Waals surface area contributed by atoms with Gasteiger partial charge < -0.3 is 5.11 Å². The van der Waals surface area contributed by atoms with E-state index >= 15 is 0 Å². The summed E-state index contributed by atoms with van der Waals surface area (Å²) in [5.41, 5.74) is 1.54. The lowest BCUT2D eigenvalue weighted by Gasteiger charge is -2.38. The highest BCUT2D eigenvalue weighted by Crippen LogP contribution is 2.76. The summed E-state index contributed by atoms with van der Waals surface area (Å²) >= 11 is 5.98. The highest BCUT2D eigenvalue weighted by atomic mass is 36.0. The largest absolute Gasteiger partial charge is 0.387 e. The summed E-state index contributed by atoms with van der Waals surface area (Å²) in [7, 11) is 11.4. The van der Waals surface area contributed by atoms with Gasteiger partial charge in [0.1, 0.15) is 0 Å². The number of pyridine rings is 1. The summed E-state index contributed by atoms with van der Waals surface area (Å²) in [6.45, 7) is 0. The first-order valence-electron chi connectivity index (χ1n) is 7.60. The molecule has 1 N–H and O–H groups in total. The van der Waals surface area contributed by atoms with Crippen LogP contribution in [-0.2, 0) is 0 Å². The predicted molar refractivity (Wildman–Crippen MR) is 107 cm³/mol. The molecule has 0 aliphatic heterocycles. The second-order valence-electron chi connectivity index (χ2n) is 5.53. The van der Waals surface area contributed by atoms with E-state index in [-0.39, 0.29) is 0 Å². The van der Waals surface area contributed by atoms with Crippen LogP contribution in [0.15, 0.2) is 84.0 Å². The molecule has 25 heavy (non-hydrogen) atoms. The zero-order valence-electron chi connectivity index (χ0n) is 13.1. The number of hydrogen-bond acceptors (Lipinski definition) is 2. The minimum Gasteiger partial charge on any atom is -0.387 e. The van der Waals surface area contributed by atoms with Crippen molar-refractivity contribution in [3.8, 4) is 0 Å². The lowest BCUT2D eigenvalue weighted by atomic mass is 10.0. The van der Waals surface area contributed by atoms with Gasteiger partial charge in [0.15, 0.2) is 0 Å². The van der Waals surface area contributed by atoms with Crippen LogP contribution >= 0.6 is 41.4 Å². The number of rotatable bonds is 5. The Balaban J connectivity index is 2.09. The third-order valence-corrected chi connectivity index (χ3v) is 8.43. The number of halogens is 3. The molecule has 0 radical (unpaired) electrons. The Kier molecular flexibility index (Phi) is 5.92. The molecule has 0 aliphatic rings. The Morgan fingerprint density at radius 3 is 2.08 bits per heavy atom. The number of aliphatic hydroxyl groups excluding tert-OH is 1. The van der Waals surface area contributed by atoms with Gasteiger partial charge in [-0.25, -0.2) is 0 Å². The molecule has 0 amide bonds. The first kappa shape index (κ1) is 18.6. The molecule has 3 rings (SSSR count). The molecule has 2 atom stereocenters. The summed E-state index contributed by atoms with van der Waals surface area (Å²) in [6, 6.07) is 20.3. The van der Waals surface area contributed by atoms with Crippen molar-refractivity contribution in [2.24, 2.45) is 0 Å². The lowest BCUT2D eigenvalue weighted by molar-refractivity contribution is 0.174. The van der Waals surface area contributed by atoms with E-state index in [1.54, 1.807) is 30.6 Å². The third kappa shape index (κ3) is 4.13. The molecule has 0 fully saturated rings. The molecule has 2 nitrogen and oxygen atoms in total. The lowest BCUT2D eigenvalue weighted by Crippen LogP contribution is -2.14. The van der Waals surface area contributed by atoms with E-state index in [0.717, 1.165) is 10.5 Å². The van der Waals surface area contributed by atoms with Gasteiger partial charge in [0.2, 0.25) is 0 Å². The average Bonchev–Trinajstić information content (AvgIpc) is 2.63. The fourth-order valence-corrected chi connectivity index (χ4v) is 6.36. The molecule has 0 aliphatic carbocycles. The van der Waals surface area contributed by atoms with Crippen LogP contribution in [0.1, 0.15) is 22.5 Å². The van der Waals surface area contributed by atoms with Crippen molar-refractivity contribution >= 4 is 41.4 Å². The van der Waals surface area contributed by atoms with Gasteiger partial charge in [-0.2, -0.15) is 0 Å². The summed E-state index contributed by atoms with van der Waals surface area (Å²) in [5.74, 6) is 0. The van der Waals surface area contributed by atoms with Crippen LogP contribution in [0, 0.1) is 0 Å². The van der Waals surface area contributed by atoms with Crippen molar-refractivity contribution < 1.29 is 5.11 Å². The molecule has 0 saturated carbocycles. The molecule has 0 spiro atoms. The van der Waals surface area contributed by atoms with Gasteiger partial charge in [-0.3, -0.25) is 4.98 Å². The van der Waals surface area contributed by atoms with Gasteiger partial charge in [0.05, 0.1) is 11.4 Å². The maximum absolute atomic E-state index is 11.1. The van der Waals surface area contributed by atoms with Crippen LogP contribution in [-0.4, -0.2) is 10.1 Å².